The summed E-state index contributed by atoms with van der Waals surface area (Å²) in [7, 11) is 0. The first-order valence-corrected chi connectivity index (χ1v) is 7.99. The molecule has 4 heteroatoms. The molecule has 0 fully saturated rings. The van der Waals surface area contributed by atoms with E-state index in [1.54, 1.807) is 28.7 Å². The van der Waals surface area contributed by atoms with Crippen LogP contribution in [0, 0.1) is 0 Å². The Bertz CT molecular complexity index is 502. The summed E-state index contributed by atoms with van der Waals surface area (Å²) >= 11 is 3.39. The van der Waals surface area contributed by atoms with E-state index in [4.69, 9.17) is 0 Å². The van der Waals surface area contributed by atoms with Crippen LogP contribution in [0.1, 0.15) is 16.2 Å². The maximum Gasteiger partial charge on any atom is 0.223 e. The third-order valence-corrected chi connectivity index (χ3v) is 4.59. The highest BCUT2D eigenvalue weighted by molar-refractivity contribution is 7.10. The van der Waals surface area contributed by atoms with E-state index in [1.165, 1.54) is 9.75 Å². The van der Waals surface area contributed by atoms with Crippen molar-refractivity contribution in [3.63, 3.8) is 0 Å². The molecule has 0 unspecified atom stereocenters. The van der Waals surface area contributed by atoms with Gasteiger partial charge in [0.15, 0.2) is 0 Å². The van der Waals surface area contributed by atoms with Crippen molar-refractivity contribution in [2.45, 2.75) is 19.4 Å². The molecule has 0 atom stereocenters. The van der Waals surface area contributed by atoms with Crippen LogP contribution in [0.15, 0.2) is 47.7 Å². The summed E-state index contributed by atoms with van der Waals surface area (Å²) in [6.45, 7) is 5.03. The molecule has 2 aromatic heterocycles. The lowest BCUT2D eigenvalue weighted by atomic mass is 10.2. The predicted molar refractivity (Wildman–Crippen MR) is 82.6 cm³/mol. The maximum absolute atomic E-state index is 12.2. The monoisotopic (exact) mass is 291 g/mol. The molecule has 0 radical (unpaired) electrons. The Morgan fingerprint density at radius 3 is 2.47 bits per heavy atom. The molecule has 0 aliphatic carbocycles. The number of carbonyl (C=O) groups is 1. The van der Waals surface area contributed by atoms with E-state index in [0.29, 0.717) is 19.5 Å². The summed E-state index contributed by atoms with van der Waals surface area (Å²) in [5.41, 5.74) is 0. The molecule has 19 heavy (non-hydrogen) atoms. The first-order chi connectivity index (χ1) is 9.29. The molecule has 0 aliphatic heterocycles. The Hall–Kier alpha value is -1.39. The molecule has 0 bridgehead atoms. The second-order valence-corrected chi connectivity index (χ2v) is 6.29. The van der Waals surface area contributed by atoms with Gasteiger partial charge in [-0.15, -0.1) is 29.3 Å². The van der Waals surface area contributed by atoms with Crippen LogP contribution >= 0.6 is 22.7 Å². The van der Waals surface area contributed by atoms with Crippen molar-refractivity contribution in [3.05, 3.63) is 57.4 Å². The molecule has 1 amide bonds. The van der Waals surface area contributed by atoms with Gasteiger partial charge in [-0.1, -0.05) is 18.2 Å². The summed E-state index contributed by atoms with van der Waals surface area (Å²) < 4.78 is 0. The van der Waals surface area contributed by atoms with Crippen molar-refractivity contribution >= 4 is 28.6 Å². The van der Waals surface area contributed by atoms with E-state index in [1.807, 2.05) is 27.8 Å². The molecule has 2 heterocycles. The van der Waals surface area contributed by atoms with Crippen molar-refractivity contribution in [2.75, 3.05) is 6.54 Å². The zero-order valence-electron chi connectivity index (χ0n) is 10.7. The van der Waals surface area contributed by atoms with Crippen LogP contribution in [0.5, 0.6) is 0 Å². The van der Waals surface area contributed by atoms with Gasteiger partial charge in [0.25, 0.3) is 0 Å². The van der Waals surface area contributed by atoms with E-state index in [-0.39, 0.29) is 5.91 Å². The number of carbonyl (C=O) groups excluding carboxylic acids is 1. The molecule has 100 valence electrons. The fourth-order valence-electron chi connectivity index (χ4n) is 1.84. The lowest BCUT2D eigenvalue weighted by Gasteiger charge is -2.20. The van der Waals surface area contributed by atoms with Crippen LogP contribution in [0.2, 0.25) is 0 Å². The van der Waals surface area contributed by atoms with Gasteiger partial charge in [0.1, 0.15) is 0 Å². The molecular formula is C15H17NOS2. The van der Waals surface area contributed by atoms with Crippen molar-refractivity contribution in [3.8, 4) is 0 Å². The number of rotatable bonds is 7. The van der Waals surface area contributed by atoms with Crippen LogP contribution in [-0.4, -0.2) is 17.4 Å². The average molecular weight is 291 g/mol. The Balaban J connectivity index is 1.90. The van der Waals surface area contributed by atoms with Gasteiger partial charge in [0.05, 0.1) is 6.54 Å². The molecule has 0 saturated heterocycles. The number of amides is 1. The van der Waals surface area contributed by atoms with Crippen molar-refractivity contribution in [2.24, 2.45) is 0 Å². The number of nitrogens with zero attached hydrogens (tertiary/aromatic N) is 1. The first-order valence-electron chi connectivity index (χ1n) is 6.23. The Kier molecular flexibility index (Phi) is 5.36. The highest BCUT2D eigenvalue weighted by atomic mass is 32.1. The Morgan fingerprint density at radius 2 is 1.89 bits per heavy atom. The largest absolute Gasteiger partial charge is 0.334 e. The minimum atomic E-state index is 0.196. The van der Waals surface area contributed by atoms with Crippen LogP contribution in [-0.2, 0) is 17.8 Å². The van der Waals surface area contributed by atoms with Gasteiger partial charge in [0, 0.05) is 22.7 Å². The van der Waals surface area contributed by atoms with Crippen LogP contribution in [0.3, 0.4) is 0 Å². The van der Waals surface area contributed by atoms with E-state index < -0.39 is 0 Å². The number of aryl methyl sites for hydroxylation is 1. The molecule has 2 rings (SSSR count). The summed E-state index contributed by atoms with van der Waals surface area (Å²) in [5.74, 6) is 0.196. The van der Waals surface area contributed by atoms with Gasteiger partial charge in [0.2, 0.25) is 5.91 Å². The van der Waals surface area contributed by atoms with E-state index in [2.05, 4.69) is 18.7 Å². The van der Waals surface area contributed by atoms with Gasteiger partial charge in [-0.05, 0) is 29.3 Å². The standard InChI is InChI=1S/C15H17NOS2/c1-2-9-16(12-14-6-4-11-19-14)15(17)8-7-13-5-3-10-18-13/h2-6,10-11H,1,7-9,12H2. The van der Waals surface area contributed by atoms with Crippen molar-refractivity contribution in [1.82, 2.24) is 4.90 Å². The quantitative estimate of drug-likeness (QED) is 0.707. The molecular weight excluding hydrogens is 274 g/mol. The van der Waals surface area contributed by atoms with E-state index >= 15 is 0 Å². The van der Waals surface area contributed by atoms with Gasteiger partial charge in [-0.25, -0.2) is 0 Å². The molecule has 0 N–H and O–H groups in total. The minimum absolute atomic E-state index is 0.196. The lowest BCUT2D eigenvalue weighted by Crippen LogP contribution is -2.30. The van der Waals surface area contributed by atoms with Crippen LogP contribution in [0.4, 0.5) is 0 Å². The van der Waals surface area contributed by atoms with Crippen LogP contribution < -0.4 is 0 Å². The highest BCUT2D eigenvalue weighted by Gasteiger charge is 2.13. The summed E-state index contributed by atoms with van der Waals surface area (Å²) in [6.07, 6.45) is 3.19. The second kappa shape index (κ2) is 7.26. The maximum atomic E-state index is 12.2. The smallest absolute Gasteiger partial charge is 0.223 e. The number of hydrogen-bond acceptors (Lipinski definition) is 3. The number of hydrogen-bond donors (Lipinski definition) is 0. The molecule has 0 aliphatic rings. The summed E-state index contributed by atoms with van der Waals surface area (Å²) in [6, 6.07) is 8.18. The van der Waals surface area contributed by atoms with Crippen molar-refractivity contribution < 1.29 is 4.79 Å². The molecule has 2 aromatic rings. The molecule has 0 aromatic carbocycles. The van der Waals surface area contributed by atoms with E-state index in [9.17, 15) is 4.79 Å². The number of thiophene rings is 2. The SMILES string of the molecule is C=CCN(Cc1cccs1)C(=O)CCc1cccs1. The van der Waals surface area contributed by atoms with E-state index in [0.717, 1.165) is 6.42 Å². The van der Waals surface area contributed by atoms with Gasteiger partial charge in [-0.3, -0.25) is 4.79 Å². The fraction of sp³-hybridized carbons (Fsp3) is 0.267. The first kappa shape index (κ1) is 14.0. The molecule has 0 spiro atoms. The van der Waals surface area contributed by atoms with Crippen LogP contribution in [0.25, 0.3) is 0 Å². The van der Waals surface area contributed by atoms with Crippen molar-refractivity contribution in [1.29, 1.82) is 0 Å². The molecule has 0 saturated carbocycles. The molecule has 2 nitrogen and oxygen atoms in total. The normalized spacial score (nSPS) is 10.3. The summed E-state index contributed by atoms with van der Waals surface area (Å²) in [5, 5.41) is 4.09. The fourth-order valence-corrected chi connectivity index (χ4v) is 3.27. The second-order valence-electron chi connectivity index (χ2n) is 4.22. The third kappa shape index (κ3) is 4.33. The Labute approximate surface area is 122 Å². The van der Waals surface area contributed by atoms with Gasteiger partial charge in [-0.2, -0.15) is 0 Å². The summed E-state index contributed by atoms with van der Waals surface area (Å²) in [4.78, 5) is 16.6. The zero-order chi connectivity index (χ0) is 13.5. The predicted octanol–water partition coefficient (Wildman–Crippen LogP) is 3.96. The Morgan fingerprint density at radius 1 is 1.21 bits per heavy atom. The van der Waals surface area contributed by atoms with Gasteiger partial charge < -0.3 is 4.90 Å². The zero-order valence-corrected chi connectivity index (χ0v) is 12.4. The third-order valence-electron chi connectivity index (χ3n) is 2.79. The lowest BCUT2D eigenvalue weighted by molar-refractivity contribution is -0.131. The van der Waals surface area contributed by atoms with Gasteiger partial charge >= 0.3 is 0 Å². The highest BCUT2D eigenvalue weighted by Crippen LogP contribution is 2.15. The average Bonchev–Trinajstić information content (AvgIpc) is 3.08. The topological polar surface area (TPSA) is 20.3 Å². The minimum Gasteiger partial charge on any atom is -0.334 e.